The van der Waals surface area contributed by atoms with Crippen molar-refractivity contribution in [1.82, 2.24) is 0 Å². The highest BCUT2D eigenvalue weighted by Gasteiger charge is 2.11. The number of carbonyl (C=O) groups excluding carboxylic acids is 1. The molecule has 0 amide bonds. The van der Waals surface area contributed by atoms with Crippen LogP contribution in [0.3, 0.4) is 0 Å². The zero-order valence-corrected chi connectivity index (χ0v) is 12.6. The van der Waals surface area contributed by atoms with Crippen LogP contribution in [-0.2, 0) is 4.74 Å². The average molecular weight is 280 g/mol. The van der Waals surface area contributed by atoms with Crippen LogP contribution in [0, 0.1) is 0 Å². The minimum atomic E-state index is -0.375. The van der Waals surface area contributed by atoms with Crippen LogP contribution < -0.4 is 9.47 Å². The minimum Gasteiger partial charge on any atom is -0.490 e. The summed E-state index contributed by atoms with van der Waals surface area (Å²) in [5.74, 6) is 0.891. The Kier molecular flexibility index (Phi) is 7.55. The number of hydrogen-bond donors (Lipinski definition) is 0. The molecule has 0 radical (unpaired) electrons. The van der Waals surface area contributed by atoms with Crippen LogP contribution in [0.1, 0.15) is 49.9 Å². The maximum absolute atomic E-state index is 11.5. The Morgan fingerprint density at radius 2 is 1.85 bits per heavy atom. The van der Waals surface area contributed by atoms with E-state index in [4.69, 9.17) is 14.2 Å². The number of esters is 1. The quantitative estimate of drug-likeness (QED) is 0.509. The molecule has 0 aromatic heterocycles. The molecular formula is C16H24O4. The van der Waals surface area contributed by atoms with Crippen LogP contribution in [0.25, 0.3) is 0 Å². The maximum atomic E-state index is 11.5. The van der Waals surface area contributed by atoms with E-state index >= 15 is 0 Å². The molecule has 4 nitrogen and oxygen atoms in total. The van der Waals surface area contributed by atoms with Gasteiger partial charge in [0.05, 0.1) is 25.9 Å². The Labute approximate surface area is 121 Å². The van der Waals surface area contributed by atoms with Crippen LogP contribution in [0.15, 0.2) is 18.2 Å². The molecule has 0 unspecified atom stereocenters. The Morgan fingerprint density at radius 3 is 2.50 bits per heavy atom. The number of carbonyl (C=O) groups is 1. The largest absolute Gasteiger partial charge is 0.490 e. The van der Waals surface area contributed by atoms with Gasteiger partial charge in [0, 0.05) is 0 Å². The molecule has 0 heterocycles. The van der Waals surface area contributed by atoms with Gasteiger partial charge in [-0.15, -0.1) is 0 Å². The summed E-state index contributed by atoms with van der Waals surface area (Å²) in [4.78, 5) is 11.5. The predicted octanol–water partition coefficient (Wildman–Crippen LogP) is 3.83. The monoisotopic (exact) mass is 280 g/mol. The first kappa shape index (κ1) is 16.3. The first-order chi connectivity index (χ1) is 9.72. The van der Waals surface area contributed by atoms with Crippen LogP contribution in [0.2, 0.25) is 0 Å². The Balaban J connectivity index is 2.66. The van der Waals surface area contributed by atoms with E-state index in [2.05, 4.69) is 6.92 Å². The van der Waals surface area contributed by atoms with Crippen molar-refractivity contribution in [3.8, 4) is 11.5 Å². The van der Waals surface area contributed by atoms with Gasteiger partial charge in [-0.05, 0) is 31.5 Å². The lowest BCUT2D eigenvalue weighted by Crippen LogP contribution is -2.05. The van der Waals surface area contributed by atoms with E-state index < -0.39 is 0 Å². The van der Waals surface area contributed by atoms with Crippen LogP contribution >= 0.6 is 0 Å². The third-order valence-electron chi connectivity index (χ3n) is 2.92. The lowest BCUT2D eigenvalue weighted by atomic mass is 10.2. The molecule has 0 atom stereocenters. The molecule has 1 aromatic carbocycles. The lowest BCUT2D eigenvalue weighted by Gasteiger charge is -2.12. The van der Waals surface area contributed by atoms with Gasteiger partial charge in [0.2, 0.25) is 0 Å². The first-order valence-corrected chi connectivity index (χ1v) is 7.20. The Hall–Kier alpha value is -1.71. The van der Waals surface area contributed by atoms with Gasteiger partial charge in [0.25, 0.3) is 0 Å². The summed E-state index contributed by atoms with van der Waals surface area (Å²) in [5, 5.41) is 0. The van der Waals surface area contributed by atoms with Gasteiger partial charge in [-0.3, -0.25) is 0 Å². The molecule has 4 heteroatoms. The topological polar surface area (TPSA) is 44.8 Å². The average Bonchev–Trinajstić information content (AvgIpc) is 2.47. The molecule has 0 aliphatic heterocycles. The van der Waals surface area contributed by atoms with Crippen molar-refractivity contribution in [2.45, 2.75) is 39.5 Å². The number of benzene rings is 1. The minimum absolute atomic E-state index is 0.375. The second-order valence-electron chi connectivity index (χ2n) is 4.50. The predicted molar refractivity (Wildman–Crippen MR) is 78.6 cm³/mol. The summed E-state index contributed by atoms with van der Waals surface area (Å²) in [6.07, 6.45) is 4.62. The summed E-state index contributed by atoms with van der Waals surface area (Å²) >= 11 is 0. The van der Waals surface area contributed by atoms with Gasteiger partial charge in [0.1, 0.15) is 0 Å². The molecule has 0 spiro atoms. The Morgan fingerprint density at radius 1 is 1.05 bits per heavy atom. The standard InChI is InChI=1S/C16H24O4/c1-4-6-7-8-11-20-14-10-9-13(16(17)18-3)12-15(14)19-5-2/h9-10,12H,4-8,11H2,1-3H3. The van der Waals surface area contributed by atoms with Crippen molar-refractivity contribution < 1.29 is 19.0 Å². The first-order valence-electron chi connectivity index (χ1n) is 7.20. The van der Waals surface area contributed by atoms with Gasteiger partial charge in [0.15, 0.2) is 11.5 Å². The fourth-order valence-electron chi connectivity index (χ4n) is 1.85. The van der Waals surface area contributed by atoms with E-state index in [0.717, 1.165) is 6.42 Å². The molecule has 20 heavy (non-hydrogen) atoms. The van der Waals surface area contributed by atoms with Crippen molar-refractivity contribution in [3.05, 3.63) is 23.8 Å². The van der Waals surface area contributed by atoms with E-state index in [1.165, 1.54) is 26.4 Å². The maximum Gasteiger partial charge on any atom is 0.337 e. The van der Waals surface area contributed by atoms with Crippen molar-refractivity contribution >= 4 is 5.97 Å². The molecule has 1 aromatic rings. The second kappa shape index (κ2) is 9.23. The molecule has 0 saturated heterocycles. The molecule has 0 aliphatic rings. The van der Waals surface area contributed by atoms with Crippen LogP contribution in [0.5, 0.6) is 11.5 Å². The summed E-state index contributed by atoms with van der Waals surface area (Å²) in [7, 11) is 1.36. The number of rotatable bonds is 9. The summed E-state index contributed by atoms with van der Waals surface area (Å²) in [5.41, 5.74) is 0.467. The van der Waals surface area contributed by atoms with E-state index in [0.29, 0.717) is 30.3 Å². The smallest absolute Gasteiger partial charge is 0.337 e. The number of ether oxygens (including phenoxy) is 3. The fraction of sp³-hybridized carbons (Fsp3) is 0.562. The lowest BCUT2D eigenvalue weighted by molar-refractivity contribution is 0.0600. The van der Waals surface area contributed by atoms with Gasteiger partial charge in [-0.1, -0.05) is 26.2 Å². The van der Waals surface area contributed by atoms with E-state index in [1.54, 1.807) is 18.2 Å². The van der Waals surface area contributed by atoms with Crippen molar-refractivity contribution in [1.29, 1.82) is 0 Å². The SMILES string of the molecule is CCCCCCOc1ccc(C(=O)OC)cc1OCC. The highest BCUT2D eigenvalue weighted by atomic mass is 16.5. The van der Waals surface area contributed by atoms with Crippen LogP contribution in [-0.4, -0.2) is 26.3 Å². The van der Waals surface area contributed by atoms with Gasteiger partial charge in [-0.2, -0.15) is 0 Å². The number of unbranched alkanes of at least 4 members (excludes halogenated alkanes) is 3. The molecule has 0 fully saturated rings. The van der Waals surface area contributed by atoms with E-state index in [1.807, 2.05) is 6.92 Å². The summed E-state index contributed by atoms with van der Waals surface area (Å²) in [6.45, 7) is 5.27. The molecule has 112 valence electrons. The molecule has 0 aliphatic carbocycles. The zero-order valence-electron chi connectivity index (χ0n) is 12.6. The highest BCUT2D eigenvalue weighted by Crippen LogP contribution is 2.29. The van der Waals surface area contributed by atoms with Gasteiger partial charge in [-0.25, -0.2) is 4.79 Å². The summed E-state index contributed by atoms with van der Waals surface area (Å²) in [6, 6.07) is 5.11. The van der Waals surface area contributed by atoms with E-state index in [9.17, 15) is 4.79 Å². The van der Waals surface area contributed by atoms with Crippen molar-refractivity contribution in [2.24, 2.45) is 0 Å². The molecular weight excluding hydrogens is 256 g/mol. The number of hydrogen-bond acceptors (Lipinski definition) is 4. The molecule has 0 N–H and O–H groups in total. The third-order valence-corrected chi connectivity index (χ3v) is 2.92. The summed E-state index contributed by atoms with van der Waals surface area (Å²) < 4.78 is 15.9. The normalized spacial score (nSPS) is 10.2. The molecule has 1 rings (SSSR count). The highest BCUT2D eigenvalue weighted by molar-refractivity contribution is 5.90. The van der Waals surface area contributed by atoms with Gasteiger partial charge < -0.3 is 14.2 Å². The van der Waals surface area contributed by atoms with E-state index in [-0.39, 0.29) is 5.97 Å². The Bertz CT molecular complexity index is 415. The number of methoxy groups -OCH3 is 1. The van der Waals surface area contributed by atoms with Crippen LogP contribution in [0.4, 0.5) is 0 Å². The van der Waals surface area contributed by atoms with Gasteiger partial charge >= 0.3 is 5.97 Å². The fourth-order valence-corrected chi connectivity index (χ4v) is 1.85. The van der Waals surface area contributed by atoms with Crippen molar-refractivity contribution in [2.75, 3.05) is 20.3 Å². The third kappa shape index (κ3) is 5.11. The molecule has 0 saturated carbocycles. The molecule has 0 bridgehead atoms. The van der Waals surface area contributed by atoms with Crippen molar-refractivity contribution in [3.63, 3.8) is 0 Å². The second-order valence-corrected chi connectivity index (χ2v) is 4.50. The zero-order chi connectivity index (χ0) is 14.8.